The average Bonchev–Trinajstić information content (AvgIpc) is 2.91. The maximum atomic E-state index is 12.1. The molecular weight excluding hydrogens is 254 g/mol. The van der Waals surface area contributed by atoms with Gasteiger partial charge in [-0.15, -0.1) is 0 Å². The molecule has 0 aliphatic heterocycles. The number of aromatic nitrogens is 2. The molecule has 6 heteroatoms. The van der Waals surface area contributed by atoms with E-state index in [2.05, 4.69) is 15.5 Å². The lowest BCUT2D eigenvalue weighted by molar-refractivity contribution is 0.220. The second-order valence-corrected chi connectivity index (χ2v) is 4.81. The molecule has 106 valence electrons. The fourth-order valence-corrected chi connectivity index (χ4v) is 1.83. The van der Waals surface area contributed by atoms with Gasteiger partial charge in [-0.3, -0.25) is 5.10 Å². The summed E-state index contributed by atoms with van der Waals surface area (Å²) in [7, 11) is 1.73. The highest BCUT2D eigenvalue weighted by Gasteiger charge is 2.10. The third kappa shape index (κ3) is 3.58. The first kappa shape index (κ1) is 14.1. The summed E-state index contributed by atoms with van der Waals surface area (Å²) in [6.07, 6.45) is 3.46. The van der Waals surface area contributed by atoms with E-state index in [0.29, 0.717) is 6.54 Å². The average molecular weight is 273 g/mol. The largest absolute Gasteiger partial charge is 0.324 e. The molecule has 1 aromatic heterocycles. The lowest BCUT2D eigenvalue weighted by Crippen LogP contribution is -2.30. The van der Waals surface area contributed by atoms with E-state index in [1.165, 1.54) is 0 Å². The number of aromatic amines is 1. The molecule has 0 saturated heterocycles. The Morgan fingerprint density at radius 3 is 3.00 bits per heavy atom. The molecular formula is C14H19N5O. The highest BCUT2D eigenvalue weighted by atomic mass is 16.2. The van der Waals surface area contributed by atoms with Crippen LogP contribution in [0.3, 0.4) is 0 Å². The van der Waals surface area contributed by atoms with E-state index >= 15 is 0 Å². The van der Waals surface area contributed by atoms with Gasteiger partial charge >= 0.3 is 6.03 Å². The molecule has 0 aliphatic carbocycles. The number of nitrogens with zero attached hydrogens (tertiary/aromatic N) is 2. The predicted octanol–water partition coefficient (Wildman–Crippen LogP) is 2.09. The molecule has 20 heavy (non-hydrogen) atoms. The van der Waals surface area contributed by atoms with Gasteiger partial charge in [0, 0.05) is 30.5 Å². The van der Waals surface area contributed by atoms with Gasteiger partial charge in [-0.1, -0.05) is 12.1 Å². The van der Waals surface area contributed by atoms with E-state index in [1.54, 1.807) is 24.3 Å². The first-order valence-corrected chi connectivity index (χ1v) is 6.41. The van der Waals surface area contributed by atoms with E-state index in [9.17, 15) is 4.79 Å². The Balaban J connectivity index is 1.98. The number of amides is 2. The van der Waals surface area contributed by atoms with E-state index in [1.807, 2.05) is 31.2 Å². The molecule has 2 amide bonds. The van der Waals surface area contributed by atoms with Gasteiger partial charge in [0.2, 0.25) is 0 Å². The Morgan fingerprint density at radius 2 is 2.35 bits per heavy atom. The lowest BCUT2D eigenvalue weighted by atomic mass is 10.1. The molecule has 0 saturated carbocycles. The van der Waals surface area contributed by atoms with Crippen LogP contribution >= 0.6 is 0 Å². The summed E-state index contributed by atoms with van der Waals surface area (Å²) in [6, 6.07) is 7.31. The number of hydrogen-bond donors (Lipinski definition) is 3. The SMILES string of the molecule is CC(N)c1cccc(NC(=O)N(C)Cc2cn[nH]c2)c1. The fourth-order valence-electron chi connectivity index (χ4n) is 1.83. The number of carbonyl (C=O) groups excluding carboxylic acids is 1. The third-order valence-corrected chi connectivity index (χ3v) is 2.98. The van der Waals surface area contributed by atoms with Crippen LogP contribution in [0, 0.1) is 0 Å². The Bertz CT molecular complexity index is 565. The van der Waals surface area contributed by atoms with E-state index in [-0.39, 0.29) is 12.1 Å². The predicted molar refractivity (Wildman–Crippen MR) is 78.1 cm³/mol. The van der Waals surface area contributed by atoms with Crippen LogP contribution < -0.4 is 11.1 Å². The molecule has 2 rings (SSSR count). The number of rotatable bonds is 4. The second-order valence-electron chi connectivity index (χ2n) is 4.81. The van der Waals surface area contributed by atoms with Gasteiger partial charge in [-0.2, -0.15) is 5.10 Å². The van der Waals surface area contributed by atoms with Gasteiger partial charge in [0.25, 0.3) is 0 Å². The Hall–Kier alpha value is -2.34. The number of hydrogen-bond acceptors (Lipinski definition) is 3. The van der Waals surface area contributed by atoms with Crippen molar-refractivity contribution in [1.82, 2.24) is 15.1 Å². The molecule has 4 N–H and O–H groups in total. The van der Waals surface area contributed by atoms with Gasteiger partial charge in [0.05, 0.1) is 12.7 Å². The molecule has 1 aromatic carbocycles. The monoisotopic (exact) mass is 273 g/mol. The molecule has 1 heterocycles. The summed E-state index contributed by atoms with van der Waals surface area (Å²) in [4.78, 5) is 13.7. The van der Waals surface area contributed by atoms with E-state index in [0.717, 1.165) is 16.8 Å². The minimum Gasteiger partial charge on any atom is -0.324 e. The molecule has 2 aromatic rings. The third-order valence-electron chi connectivity index (χ3n) is 2.98. The van der Waals surface area contributed by atoms with Crippen LogP contribution in [0.1, 0.15) is 24.1 Å². The standard InChI is InChI=1S/C14H19N5O/c1-10(15)12-4-3-5-13(6-12)18-14(20)19(2)9-11-7-16-17-8-11/h3-8,10H,9,15H2,1-2H3,(H,16,17)(H,18,20). The van der Waals surface area contributed by atoms with Crippen molar-refractivity contribution in [3.8, 4) is 0 Å². The summed E-state index contributed by atoms with van der Waals surface area (Å²) >= 11 is 0. The highest BCUT2D eigenvalue weighted by molar-refractivity contribution is 5.89. The molecule has 1 atom stereocenters. The first-order valence-electron chi connectivity index (χ1n) is 6.41. The second kappa shape index (κ2) is 6.21. The van der Waals surface area contributed by atoms with Crippen LogP contribution in [-0.2, 0) is 6.54 Å². The highest BCUT2D eigenvalue weighted by Crippen LogP contribution is 2.16. The molecule has 1 unspecified atom stereocenters. The van der Waals surface area contributed by atoms with Crippen molar-refractivity contribution in [1.29, 1.82) is 0 Å². The zero-order valence-corrected chi connectivity index (χ0v) is 11.6. The topological polar surface area (TPSA) is 87.0 Å². The van der Waals surface area contributed by atoms with Crippen LogP contribution in [0.4, 0.5) is 10.5 Å². The summed E-state index contributed by atoms with van der Waals surface area (Å²) in [5, 5.41) is 9.42. The summed E-state index contributed by atoms with van der Waals surface area (Å²) in [5.41, 5.74) is 8.51. The normalized spacial score (nSPS) is 11.9. The van der Waals surface area contributed by atoms with Crippen molar-refractivity contribution in [2.24, 2.45) is 5.73 Å². The zero-order chi connectivity index (χ0) is 14.5. The Labute approximate surface area is 118 Å². The molecule has 0 aliphatic rings. The van der Waals surface area contributed by atoms with Crippen molar-refractivity contribution in [3.05, 3.63) is 47.8 Å². The minimum absolute atomic E-state index is 0.0597. The molecule has 6 nitrogen and oxygen atoms in total. The van der Waals surface area contributed by atoms with Crippen molar-refractivity contribution in [2.75, 3.05) is 12.4 Å². The van der Waals surface area contributed by atoms with Crippen molar-refractivity contribution in [3.63, 3.8) is 0 Å². The van der Waals surface area contributed by atoms with Crippen LogP contribution in [0.15, 0.2) is 36.7 Å². The number of benzene rings is 1. The summed E-state index contributed by atoms with van der Waals surface area (Å²) in [5.74, 6) is 0. The van der Waals surface area contributed by atoms with Crippen LogP contribution in [0.5, 0.6) is 0 Å². The lowest BCUT2D eigenvalue weighted by Gasteiger charge is -2.17. The van der Waals surface area contributed by atoms with E-state index < -0.39 is 0 Å². The van der Waals surface area contributed by atoms with Crippen LogP contribution in [0.25, 0.3) is 0 Å². The van der Waals surface area contributed by atoms with Crippen molar-refractivity contribution >= 4 is 11.7 Å². The number of urea groups is 1. The van der Waals surface area contributed by atoms with Gasteiger partial charge in [-0.25, -0.2) is 4.79 Å². The Morgan fingerprint density at radius 1 is 1.55 bits per heavy atom. The fraction of sp³-hybridized carbons (Fsp3) is 0.286. The number of H-pyrrole nitrogens is 1. The zero-order valence-electron chi connectivity index (χ0n) is 11.6. The summed E-state index contributed by atoms with van der Waals surface area (Å²) < 4.78 is 0. The minimum atomic E-state index is -0.173. The van der Waals surface area contributed by atoms with Crippen molar-refractivity contribution in [2.45, 2.75) is 19.5 Å². The van der Waals surface area contributed by atoms with Gasteiger partial charge in [0.15, 0.2) is 0 Å². The van der Waals surface area contributed by atoms with Crippen LogP contribution in [0.2, 0.25) is 0 Å². The van der Waals surface area contributed by atoms with E-state index in [4.69, 9.17) is 5.73 Å². The molecule has 0 spiro atoms. The van der Waals surface area contributed by atoms with Crippen LogP contribution in [-0.4, -0.2) is 28.2 Å². The van der Waals surface area contributed by atoms with Gasteiger partial charge in [0.1, 0.15) is 0 Å². The van der Waals surface area contributed by atoms with Crippen molar-refractivity contribution < 1.29 is 4.79 Å². The maximum Gasteiger partial charge on any atom is 0.321 e. The number of nitrogens with two attached hydrogens (primary N) is 1. The maximum absolute atomic E-state index is 12.1. The first-order chi connectivity index (χ1) is 9.56. The van der Waals surface area contributed by atoms with Gasteiger partial charge < -0.3 is 16.0 Å². The number of nitrogens with one attached hydrogen (secondary N) is 2. The smallest absolute Gasteiger partial charge is 0.321 e. The number of anilines is 1. The molecule has 0 fully saturated rings. The molecule has 0 radical (unpaired) electrons. The van der Waals surface area contributed by atoms with Gasteiger partial charge in [-0.05, 0) is 24.6 Å². The molecule has 0 bridgehead atoms. The quantitative estimate of drug-likeness (QED) is 0.797. The summed E-state index contributed by atoms with van der Waals surface area (Å²) in [6.45, 7) is 2.40. The number of carbonyl (C=O) groups is 1. The Kier molecular flexibility index (Phi) is 4.37.